The number of carboxylic acid groups (broad SMARTS) is 1. The smallest absolute Gasteiger partial charge is 0.405 e. The number of hydrogen-bond acceptors (Lipinski definition) is 9. The van der Waals surface area contributed by atoms with Gasteiger partial charge in [-0.15, -0.1) is 0 Å². The van der Waals surface area contributed by atoms with Crippen LogP contribution < -0.4 is 15.0 Å². The van der Waals surface area contributed by atoms with Crippen LogP contribution in [0, 0.1) is 11.3 Å². The number of nitriles is 1. The highest BCUT2D eigenvalue weighted by molar-refractivity contribution is 5.86. The van der Waals surface area contributed by atoms with Gasteiger partial charge in [0.2, 0.25) is 5.88 Å². The SMILES string of the molecule is COc1ccc(CN2C3CC2CN(c2ccc(-c4cc(C5CC5(C=O)NC(=O)O)cn5ncc(C#N)c45)cn2)C3)cn1. The van der Waals surface area contributed by atoms with Crippen LogP contribution in [0.2, 0.25) is 0 Å². The van der Waals surface area contributed by atoms with Crippen molar-refractivity contribution < 1.29 is 19.4 Å². The first kappa shape index (κ1) is 25.9. The number of nitrogens with one attached hydrogen (secondary N) is 1. The molecule has 1 amide bonds. The van der Waals surface area contributed by atoms with Crippen LogP contribution in [0.25, 0.3) is 16.6 Å². The van der Waals surface area contributed by atoms with Gasteiger partial charge in [0, 0.05) is 73.4 Å². The molecule has 212 valence electrons. The molecule has 4 aromatic heterocycles. The number of ether oxygens (including phenoxy) is 1. The van der Waals surface area contributed by atoms with Gasteiger partial charge < -0.3 is 24.9 Å². The van der Waals surface area contributed by atoms with E-state index in [1.165, 1.54) is 18.2 Å². The summed E-state index contributed by atoms with van der Waals surface area (Å²) in [5.74, 6) is 1.19. The molecule has 3 aliphatic heterocycles. The normalized spacial score (nSPS) is 24.5. The number of nitrogens with zero attached hydrogens (tertiary/aromatic N) is 7. The predicted octanol–water partition coefficient (Wildman–Crippen LogP) is 2.83. The third-order valence-corrected chi connectivity index (χ3v) is 8.81. The second-order valence-electron chi connectivity index (χ2n) is 11.2. The molecule has 2 bridgehead atoms. The van der Waals surface area contributed by atoms with E-state index in [4.69, 9.17) is 9.72 Å². The number of methoxy groups -OCH3 is 1. The molecular weight excluding hydrogens is 536 g/mol. The number of anilines is 1. The van der Waals surface area contributed by atoms with E-state index >= 15 is 0 Å². The lowest BCUT2D eigenvalue weighted by Crippen LogP contribution is -2.68. The van der Waals surface area contributed by atoms with E-state index in [-0.39, 0.29) is 5.92 Å². The summed E-state index contributed by atoms with van der Waals surface area (Å²) in [6.07, 6.45) is 7.89. The standard InChI is InChI=1S/C30H28N8O4/c1-42-27-5-2-18(10-33-27)13-37-22-7-23(37)16-36(15-22)26-4-3-19(11-32-26)24-6-20(14-38-28(24)21(9-31)12-34-38)25-8-30(25,17-39)35-29(40)41/h2-6,10-12,14,17,22-23,25,35H,7-8,13,15-16H2,1H3,(H,40,41). The van der Waals surface area contributed by atoms with Crippen LogP contribution in [0.1, 0.15) is 35.4 Å². The number of aldehydes is 1. The van der Waals surface area contributed by atoms with Crippen LogP contribution >= 0.6 is 0 Å². The Morgan fingerprint density at radius 1 is 1.21 bits per heavy atom. The molecule has 8 rings (SSSR count). The number of pyridine rings is 3. The minimum absolute atomic E-state index is 0.326. The fourth-order valence-electron chi connectivity index (χ4n) is 6.53. The predicted molar refractivity (Wildman–Crippen MR) is 151 cm³/mol. The third-order valence-electron chi connectivity index (χ3n) is 8.81. The minimum atomic E-state index is -1.24. The molecule has 1 aliphatic carbocycles. The van der Waals surface area contributed by atoms with Crippen LogP contribution in [0.15, 0.2) is 55.1 Å². The maximum Gasteiger partial charge on any atom is 0.405 e. The van der Waals surface area contributed by atoms with Crippen LogP contribution in [0.4, 0.5) is 10.6 Å². The molecule has 4 unspecified atom stereocenters. The van der Waals surface area contributed by atoms with Crippen molar-refractivity contribution in [1.29, 1.82) is 5.26 Å². The number of aromatic nitrogens is 4. The molecule has 4 aliphatic rings. The molecule has 4 atom stereocenters. The van der Waals surface area contributed by atoms with Crippen molar-refractivity contribution >= 4 is 23.7 Å². The Bertz CT molecular complexity index is 1720. The zero-order valence-electron chi connectivity index (χ0n) is 22.8. The van der Waals surface area contributed by atoms with Crippen LogP contribution in [-0.2, 0) is 11.3 Å². The molecule has 42 heavy (non-hydrogen) atoms. The topological polar surface area (TPSA) is 149 Å². The fraction of sp³-hybridized carbons (Fsp3) is 0.333. The average molecular weight is 565 g/mol. The van der Waals surface area contributed by atoms with Gasteiger partial charge in [-0.1, -0.05) is 6.07 Å². The van der Waals surface area contributed by atoms with E-state index in [9.17, 15) is 20.0 Å². The highest BCUT2D eigenvalue weighted by atomic mass is 16.5. The van der Waals surface area contributed by atoms with Crippen LogP contribution in [0.5, 0.6) is 5.88 Å². The summed E-state index contributed by atoms with van der Waals surface area (Å²) >= 11 is 0. The number of fused-ring (bicyclic) bond motifs is 3. The van der Waals surface area contributed by atoms with Gasteiger partial charge in [0.25, 0.3) is 0 Å². The Hall–Kier alpha value is -5.02. The molecular formula is C30H28N8O4. The molecule has 3 saturated heterocycles. The van der Waals surface area contributed by atoms with Crippen molar-refractivity contribution in [3.8, 4) is 23.1 Å². The third kappa shape index (κ3) is 4.29. The Kier molecular flexibility index (Phi) is 6.06. The lowest BCUT2D eigenvalue weighted by atomic mass is 9.87. The van der Waals surface area contributed by atoms with Gasteiger partial charge in [0.15, 0.2) is 0 Å². The zero-order chi connectivity index (χ0) is 29.0. The van der Waals surface area contributed by atoms with Crippen LogP contribution in [0.3, 0.4) is 0 Å². The maximum absolute atomic E-state index is 11.8. The minimum Gasteiger partial charge on any atom is -0.481 e. The molecule has 0 radical (unpaired) electrons. The number of carbonyl (C=O) groups excluding carboxylic acids is 1. The maximum atomic E-state index is 11.8. The molecule has 12 nitrogen and oxygen atoms in total. The summed E-state index contributed by atoms with van der Waals surface area (Å²) in [6, 6.07) is 13.0. The number of rotatable bonds is 8. The lowest BCUT2D eigenvalue weighted by Gasteiger charge is -2.56. The quantitative estimate of drug-likeness (QED) is 0.306. The number of piperazine rings is 1. The summed E-state index contributed by atoms with van der Waals surface area (Å²) < 4.78 is 6.79. The van der Waals surface area contributed by atoms with Gasteiger partial charge in [-0.2, -0.15) is 10.4 Å². The van der Waals surface area contributed by atoms with E-state index in [0.29, 0.717) is 41.8 Å². The van der Waals surface area contributed by atoms with E-state index in [1.807, 2.05) is 30.5 Å². The number of hydrogen-bond donors (Lipinski definition) is 2. The van der Waals surface area contributed by atoms with Crippen molar-refractivity contribution in [2.24, 2.45) is 0 Å². The van der Waals surface area contributed by atoms with Crippen LogP contribution in [-0.4, -0.2) is 79.8 Å². The Labute approximate surface area is 241 Å². The first-order chi connectivity index (χ1) is 20.4. The van der Waals surface area contributed by atoms with Gasteiger partial charge in [-0.3, -0.25) is 4.90 Å². The molecule has 1 saturated carbocycles. The zero-order valence-corrected chi connectivity index (χ0v) is 22.8. The first-order valence-corrected chi connectivity index (χ1v) is 13.8. The number of amides is 1. The summed E-state index contributed by atoms with van der Waals surface area (Å²) in [4.78, 5) is 37.1. The monoisotopic (exact) mass is 564 g/mol. The second-order valence-corrected chi connectivity index (χ2v) is 11.2. The second kappa shape index (κ2) is 9.81. The van der Waals surface area contributed by atoms with Gasteiger partial charge in [0.05, 0.1) is 24.4 Å². The molecule has 7 heterocycles. The van der Waals surface area contributed by atoms with E-state index < -0.39 is 11.6 Å². The van der Waals surface area contributed by atoms with E-state index in [2.05, 4.69) is 37.3 Å². The van der Waals surface area contributed by atoms with Crippen molar-refractivity contribution in [1.82, 2.24) is 29.8 Å². The molecule has 4 fully saturated rings. The lowest BCUT2D eigenvalue weighted by molar-refractivity contribution is -0.110. The number of piperidine rings is 1. The molecule has 0 spiro atoms. The summed E-state index contributed by atoms with van der Waals surface area (Å²) in [7, 11) is 1.62. The molecule has 2 N–H and O–H groups in total. The number of carbonyl (C=O) groups is 2. The fourth-order valence-corrected chi connectivity index (χ4v) is 6.53. The summed E-state index contributed by atoms with van der Waals surface area (Å²) in [5, 5.41) is 25.7. The summed E-state index contributed by atoms with van der Waals surface area (Å²) in [5.41, 5.74) is 3.40. The van der Waals surface area contributed by atoms with E-state index in [1.54, 1.807) is 24.0 Å². The average Bonchev–Trinajstić information content (AvgIpc) is 3.58. The van der Waals surface area contributed by atoms with Crippen molar-refractivity contribution in [2.45, 2.75) is 42.9 Å². The van der Waals surface area contributed by atoms with Crippen molar-refractivity contribution in [3.63, 3.8) is 0 Å². The van der Waals surface area contributed by atoms with E-state index in [0.717, 1.165) is 42.1 Å². The van der Waals surface area contributed by atoms with Gasteiger partial charge in [-0.25, -0.2) is 19.3 Å². The molecule has 4 aromatic rings. The Morgan fingerprint density at radius 2 is 2.05 bits per heavy atom. The largest absolute Gasteiger partial charge is 0.481 e. The first-order valence-electron chi connectivity index (χ1n) is 13.8. The van der Waals surface area contributed by atoms with Gasteiger partial charge in [-0.05, 0) is 42.2 Å². The van der Waals surface area contributed by atoms with Gasteiger partial charge >= 0.3 is 6.09 Å². The Balaban J connectivity index is 1.11. The van der Waals surface area contributed by atoms with Gasteiger partial charge in [0.1, 0.15) is 23.7 Å². The van der Waals surface area contributed by atoms with Crippen molar-refractivity contribution in [2.75, 3.05) is 25.1 Å². The molecule has 12 heteroatoms. The highest BCUT2D eigenvalue weighted by Crippen LogP contribution is 2.51. The van der Waals surface area contributed by atoms with Crippen molar-refractivity contribution in [3.05, 3.63) is 71.8 Å². The molecule has 0 aromatic carbocycles. The summed E-state index contributed by atoms with van der Waals surface area (Å²) in [6.45, 7) is 2.64. The Morgan fingerprint density at radius 3 is 2.69 bits per heavy atom. The highest BCUT2D eigenvalue weighted by Gasteiger charge is 2.57.